The number of hydrogen-bond acceptors (Lipinski definition) is 2. The van der Waals surface area contributed by atoms with Crippen LogP contribution in [0.1, 0.15) is 0 Å². The Morgan fingerprint density at radius 1 is 1.46 bits per heavy atom. The minimum Gasteiger partial charge on any atom is -0.435 e. The molecule has 5 heteroatoms. The lowest BCUT2D eigenvalue weighted by Crippen LogP contribution is -2.01. The van der Waals surface area contributed by atoms with E-state index in [0.29, 0.717) is 0 Å². The summed E-state index contributed by atoms with van der Waals surface area (Å²) in [5.74, 6) is 0.183. The van der Waals surface area contributed by atoms with Crippen molar-refractivity contribution in [1.82, 2.24) is 0 Å². The van der Waals surface area contributed by atoms with Crippen LogP contribution in [0, 0.1) is 0 Å². The van der Waals surface area contributed by atoms with Crippen molar-refractivity contribution < 1.29 is 13.5 Å². The SMILES string of the molecule is CSc1cc(OC(F)F)ccc1Br. The molecule has 0 fully saturated rings. The molecule has 0 radical (unpaired) electrons. The first kappa shape index (κ1) is 10.8. The number of rotatable bonds is 3. The molecule has 0 saturated heterocycles. The predicted molar refractivity (Wildman–Crippen MR) is 52.6 cm³/mol. The second kappa shape index (κ2) is 4.81. The molecule has 1 aromatic rings. The van der Waals surface area contributed by atoms with Crippen LogP contribution in [0.4, 0.5) is 8.78 Å². The average molecular weight is 269 g/mol. The van der Waals surface area contributed by atoms with E-state index in [-0.39, 0.29) is 5.75 Å². The van der Waals surface area contributed by atoms with Crippen LogP contribution in [-0.2, 0) is 0 Å². The number of halogens is 3. The molecule has 0 aromatic heterocycles. The first-order valence-corrected chi connectivity index (χ1v) is 5.43. The first-order valence-electron chi connectivity index (χ1n) is 3.42. The van der Waals surface area contributed by atoms with Crippen LogP contribution in [0.15, 0.2) is 27.6 Å². The third-order valence-corrected chi connectivity index (χ3v) is 3.08. The normalized spacial score (nSPS) is 10.5. The zero-order valence-corrected chi connectivity index (χ0v) is 9.16. The summed E-state index contributed by atoms with van der Waals surface area (Å²) in [5, 5.41) is 0. The van der Waals surface area contributed by atoms with Crippen LogP contribution < -0.4 is 4.74 Å². The molecule has 0 amide bonds. The van der Waals surface area contributed by atoms with Gasteiger partial charge in [0.2, 0.25) is 0 Å². The van der Waals surface area contributed by atoms with Crippen molar-refractivity contribution >= 4 is 27.7 Å². The van der Waals surface area contributed by atoms with Crippen LogP contribution in [-0.4, -0.2) is 12.9 Å². The van der Waals surface area contributed by atoms with E-state index >= 15 is 0 Å². The van der Waals surface area contributed by atoms with E-state index in [1.54, 1.807) is 12.1 Å². The maximum atomic E-state index is 11.8. The standard InChI is InChI=1S/C8H7BrF2OS/c1-13-7-4-5(12-8(10)11)2-3-6(7)9/h2-4,8H,1H3. The largest absolute Gasteiger partial charge is 0.435 e. The van der Waals surface area contributed by atoms with Gasteiger partial charge in [-0.1, -0.05) is 0 Å². The number of alkyl halides is 2. The maximum Gasteiger partial charge on any atom is 0.387 e. The lowest BCUT2D eigenvalue weighted by Gasteiger charge is -2.06. The lowest BCUT2D eigenvalue weighted by molar-refractivity contribution is -0.0499. The quantitative estimate of drug-likeness (QED) is 0.772. The molecule has 1 nitrogen and oxygen atoms in total. The Labute approximate surface area is 87.6 Å². The summed E-state index contributed by atoms with van der Waals surface area (Å²) in [6.45, 7) is -2.77. The van der Waals surface area contributed by atoms with Crippen LogP contribution >= 0.6 is 27.7 Å². The molecule has 0 heterocycles. The average Bonchev–Trinajstić information content (AvgIpc) is 2.07. The van der Waals surface area contributed by atoms with Crippen molar-refractivity contribution in [2.24, 2.45) is 0 Å². The van der Waals surface area contributed by atoms with Crippen LogP contribution in [0.2, 0.25) is 0 Å². The van der Waals surface area contributed by atoms with Gasteiger partial charge >= 0.3 is 6.61 Å². The van der Waals surface area contributed by atoms with Gasteiger partial charge in [-0.15, -0.1) is 11.8 Å². The molecule has 72 valence electrons. The van der Waals surface area contributed by atoms with E-state index in [2.05, 4.69) is 20.7 Å². The van der Waals surface area contributed by atoms with Crippen molar-refractivity contribution in [1.29, 1.82) is 0 Å². The fraction of sp³-hybridized carbons (Fsp3) is 0.250. The van der Waals surface area contributed by atoms with Gasteiger partial charge in [-0.25, -0.2) is 0 Å². The summed E-state index contributed by atoms with van der Waals surface area (Å²) >= 11 is 4.76. The zero-order chi connectivity index (χ0) is 9.84. The Morgan fingerprint density at radius 2 is 2.15 bits per heavy atom. The zero-order valence-electron chi connectivity index (χ0n) is 6.76. The topological polar surface area (TPSA) is 9.23 Å². The van der Waals surface area contributed by atoms with Gasteiger partial charge in [0.1, 0.15) is 5.75 Å². The Balaban J connectivity index is 2.86. The molecule has 0 unspecified atom stereocenters. The molecule has 13 heavy (non-hydrogen) atoms. The minimum atomic E-state index is -2.77. The maximum absolute atomic E-state index is 11.8. The highest BCUT2D eigenvalue weighted by Crippen LogP contribution is 2.30. The fourth-order valence-corrected chi connectivity index (χ4v) is 2.05. The van der Waals surface area contributed by atoms with E-state index in [1.165, 1.54) is 17.8 Å². The highest BCUT2D eigenvalue weighted by Gasteiger charge is 2.06. The van der Waals surface area contributed by atoms with Crippen molar-refractivity contribution in [2.45, 2.75) is 11.5 Å². The predicted octanol–water partition coefficient (Wildman–Crippen LogP) is 3.77. The van der Waals surface area contributed by atoms with Gasteiger partial charge in [-0.3, -0.25) is 0 Å². The monoisotopic (exact) mass is 268 g/mol. The molecular weight excluding hydrogens is 262 g/mol. The van der Waals surface area contributed by atoms with E-state index in [4.69, 9.17) is 0 Å². The third-order valence-electron chi connectivity index (χ3n) is 1.35. The Hall–Kier alpha value is -0.290. The highest BCUT2D eigenvalue weighted by atomic mass is 79.9. The van der Waals surface area contributed by atoms with Crippen molar-refractivity contribution in [3.05, 3.63) is 22.7 Å². The van der Waals surface area contributed by atoms with Gasteiger partial charge in [0.15, 0.2) is 0 Å². The van der Waals surface area contributed by atoms with E-state index in [0.717, 1.165) is 9.37 Å². The molecule has 0 aliphatic heterocycles. The summed E-state index contributed by atoms with van der Waals surface area (Å²) in [7, 11) is 0. The second-order valence-corrected chi connectivity index (χ2v) is 3.88. The molecular formula is C8H7BrF2OS. The third kappa shape index (κ3) is 3.15. The van der Waals surface area contributed by atoms with Gasteiger partial charge in [-0.05, 0) is 40.4 Å². The molecule has 0 bridgehead atoms. The summed E-state index contributed by atoms with van der Waals surface area (Å²) in [6, 6.07) is 4.75. The highest BCUT2D eigenvalue weighted by molar-refractivity contribution is 9.10. The van der Waals surface area contributed by atoms with Crippen LogP contribution in [0.25, 0.3) is 0 Å². The molecule has 0 aliphatic carbocycles. The Morgan fingerprint density at radius 3 is 2.69 bits per heavy atom. The number of hydrogen-bond donors (Lipinski definition) is 0. The van der Waals surface area contributed by atoms with Gasteiger partial charge in [-0.2, -0.15) is 8.78 Å². The van der Waals surface area contributed by atoms with Crippen molar-refractivity contribution in [3.8, 4) is 5.75 Å². The summed E-state index contributed by atoms with van der Waals surface area (Å²) in [4.78, 5) is 0.873. The van der Waals surface area contributed by atoms with Gasteiger partial charge in [0.25, 0.3) is 0 Å². The molecule has 0 aliphatic rings. The molecule has 0 atom stereocenters. The van der Waals surface area contributed by atoms with Gasteiger partial charge in [0, 0.05) is 9.37 Å². The van der Waals surface area contributed by atoms with E-state index in [1.807, 2.05) is 6.26 Å². The number of ether oxygens (including phenoxy) is 1. The molecule has 0 saturated carbocycles. The Kier molecular flexibility index (Phi) is 3.99. The lowest BCUT2D eigenvalue weighted by atomic mass is 10.3. The minimum absolute atomic E-state index is 0.183. The summed E-state index contributed by atoms with van der Waals surface area (Å²) < 4.78 is 28.8. The van der Waals surface area contributed by atoms with Crippen molar-refractivity contribution in [2.75, 3.05) is 6.26 Å². The van der Waals surface area contributed by atoms with Crippen LogP contribution in [0.3, 0.4) is 0 Å². The molecule has 1 aromatic carbocycles. The van der Waals surface area contributed by atoms with Crippen molar-refractivity contribution in [3.63, 3.8) is 0 Å². The van der Waals surface area contributed by atoms with Crippen LogP contribution in [0.5, 0.6) is 5.75 Å². The molecule has 0 N–H and O–H groups in total. The Bertz CT molecular complexity index is 293. The van der Waals surface area contributed by atoms with E-state index in [9.17, 15) is 8.78 Å². The first-order chi connectivity index (χ1) is 6.13. The molecule has 1 rings (SSSR count). The van der Waals surface area contributed by atoms with Gasteiger partial charge in [0.05, 0.1) is 0 Å². The second-order valence-electron chi connectivity index (χ2n) is 2.17. The van der Waals surface area contributed by atoms with E-state index < -0.39 is 6.61 Å². The smallest absolute Gasteiger partial charge is 0.387 e. The number of benzene rings is 1. The number of thioether (sulfide) groups is 1. The summed E-state index contributed by atoms with van der Waals surface area (Å²) in [6.07, 6.45) is 1.87. The summed E-state index contributed by atoms with van der Waals surface area (Å²) in [5.41, 5.74) is 0. The van der Waals surface area contributed by atoms with Gasteiger partial charge < -0.3 is 4.74 Å². The fourth-order valence-electron chi connectivity index (χ4n) is 0.816. The molecule has 0 spiro atoms.